The molecule has 0 atom stereocenters. The van der Waals surface area contributed by atoms with Crippen molar-refractivity contribution in [3.8, 4) is 22.9 Å². The average Bonchev–Trinajstić information content (AvgIpc) is 3.40. The third-order valence-corrected chi connectivity index (χ3v) is 10.2. The van der Waals surface area contributed by atoms with Crippen molar-refractivity contribution in [2.24, 2.45) is 17.8 Å². The molecule has 0 saturated heterocycles. The number of nitrogens with zero attached hydrogens (tertiary/aromatic N) is 1. The van der Waals surface area contributed by atoms with Crippen molar-refractivity contribution in [1.29, 1.82) is 0 Å². The second-order valence-corrected chi connectivity index (χ2v) is 13.8. The summed E-state index contributed by atoms with van der Waals surface area (Å²) in [5, 5.41) is 5.86. The maximum absolute atomic E-state index is 13.0. The van der Waals surface area contributed by atoms with E-state index in [-0.39, 0.29) is 6.03 Å². The van der Waals surface area contributed by atoms with Gasteiger partial charge in [0.2, 0.25) is 0 Å². The van der Waals surface area contributed by atoms with E-state index in [4.69, 9.17) is 14.5 Å². The molecule has 43 heavy (non-hydrogen) atoms. The Morgan fingerprint density at radius 3 is 2.37 bits per heavy atom. The Labute approximate surface area is 252 Å². The molecule has 3 aromatic carbocycles. The average molecular weight is 575 g/mol. The summed E-state index contributed by atoms with van der Waals surface area (Å²) in [5.74, 6) is 4.92. The number of benzene rings is 3. The summed E-state index contributed by atoms with van der Waals surface area (Å²) in [5.41, 5.74) is 6.35. The van der Waals surface area contributed by atoms with Gasteiger partial charge >= 0.3 is 6.03 Å². The van der Waals surface area contributed by atoms with E-state index < -0.39 is 5.60 Å². The third kappa shape index (κ3) is 4.66. The van der Waals surface area contributed by atoms with Crippen LogP contribution < -0.4 is 20.1 Å². The lowest BCUT2D eigenvalue weighted by Gasteiger charge is -2.57. The molecule has 220 valence electrons. The fraction of sp³-hybridized carbons (Fsp3) is 0.389. The molecule has 2 heterocycles. The number of H-pyrrole nitrogens is 1. The first-order chi connectivity index (χ1) is 20.8. The number of aromatic amines is 1. The van der Waals surface area contributed by atoms with Crippen LogP contribution in [0.25, 0.3) is 28.5 Å². The van der Waals surface area contributed by atoms with Gasteiger partial charge in [0.1, 0.15) is 17.2 Å². The van der Waals surface area contributed by atoms with Gasteiger partial charge in [0.05, 0.1) is 29.4 Å². The number of amides is 2. The predicted molar refractivity (Wildman–Crippen MR) is 171 cm³/mol. The first-order valence-corrected chi connectivity index (χ1v) is 15.5. The van der Waals surface area contributed by atoms with Gasteiger partial charge in [0.25, 0.3) is 0 Å². The van der Waals surface area contributed by atoms with Gasteiger partial charge in [-0.25, -0.2) is 9.78 Å². The topological polar surface area (TPSA) is 88.3 Å². The monoisotopic (exact) mass is 574 g/mol. The van der Waals surface area contributed by atoms with Gasteiger partial charge in [-0.2, -0.15) is 0 Å². The second kappa shape index (κ2) is 9.63. The molecule has 9 rings (SSSR count). The molecule has 4 aromatic rings. The van der Waals surface area contributed by atoms with Gasteiger partial charge in [-0.05, 0) is 124 Å². The van der Waals surface area contributed by atoms with Crippen molar-refractivity contribution < 1.29 is 14.3 Å². The summed E-state index contributed by atoms with van der Waals surface area (Å²) >= 11 is 0. The lowest BCUT2D eigenvalue weighted by molar-refractivity contribution is -0.00518. The second-order valence-electron chi connectivity index (χ2n) is 13.8. The number of nitrogens with one attached hydrogen (secondary N) is 3. The Bertz CT molecular complexity index is 1730. The number of imidazole rings is 1. The van der Waals surface area contributed by atoms with Gasteiger partial charge in [0.15, 0.2) is 5.75 Å². The molecule has 1 aliphatic heterocycles. The molecule has 4 fully saturated rings. The van der Waals surface area contributed by atoms with Crippen LogP contribution in [0.3, 0.4) is 0 Å². The van der Waals surface area contributed by atoms with E-state index in [9.17, 15) is 4.79 Å². The smallest absolute Gasteiger partial charge is 0.323 e. The van der Waals surface area contributed by atoms with Crippen LogP contribution in [-0.4, -0.2) is 28.7 Å². The van der Waals surface area contributed by atoms with Crippen LogP contribution in [0.1, 0.15) is 63.5 Å². The molecule has 1 aromatic heterocycles. The molecular weight excluding hydrogens is 536 g/mol. The maximum atomic E-state index is 13.0. The molecule has 0 spiro atoms. The summed E-state index contributed by atoms with van der Waals surface area (Å²) in [6.45, 7) is 3.99. The fourth-order valence-electron chi connectivity index (χ4n) is 8.70. The number of aromatic nitrogens is 2. The number of carbonyl (C=O) groups is 1. The Morgan fingerprint density at radius 1 is 0.953 bits per heavy atom. The first-order valence-electron chi connectivity index (χ1n) is 15.5. The summed E-state index contributed by atoms with van der Waals surface area (Å²) in [6, 6.07) is 18.2. The minimum absolute atomic E-state index is 0.366. The molecule has 0 radical (unpaired) electrons. The van der Waals surface area contributed by atoms with E-state index in [0.29, 0.717) is 22.5 Å². The van der Waals surface area contributed by atoms with Crippen LogP contribution in [0.5, 0.6) is 11.5 Å². The molecule has 7 nitrogen and oxygen atoms in total. The van der Waals surface area contributed by atoms with E-state index in [1.54, 1.807) is 13.2 Å². The largest absolute Gasteiger partial charge is 0.494 e. The highest BCUT2D eigenvalue weighted by molar-refractivity contribution is 6.02. The van der Waals surface area contributed by atoms with E-state index >= 15 is 0 Å². The standard InChI is InChI=1S/C36H38N4O3/c1-35(2)13-12-27-31(43-35)11-10-29(32(27)42-3)40-34(41)37-26-8-9-28-30(17-26)39-33(38-28)24-4-6-25(7-5-24)36-18-21-14-22(19-36)16-23(15-21)20-36/h4-13,17,21-23H,14-16,18-20H2,1-3H3,(H,38,39)(H2,37,40,41). The molecule has 0 unspecified atom stereocenters. The number of hydrogen-bond acceptors (Lipinski definition) is 4. The SMILES string of the molecule is COc1c(NC(=O)Nc2ccc3[nH]c(-c4ccc(C56CC7CC(CC(C7)C5)C6)cc4)nc3c2)ccc2c1C=CC(C)(C)O2. The van der Waals surface area contributed by atoms with Crippen LogP contribution >= 0.6 is 0 Å². The fourth-order valence-corrected chi connectivity index (χ4v) is 8.70. The van der Waals surface area contributed by atoms with Crippen molar-refractivity contribution in [2.75, 3.05) is 17.7 Å². The minimum atomic E-state index is -0.396. The van der Waals surface area contributed by atoms with Crippen LogP contribution in [0.4, 0.5) is 16.2 Å². The van der Waals surface area contributed by atoms with Gasteiger partial charge in [-0.1, -0.05) is 24.3 Å². The highest BCUT2D eigenvalue weighted by Gasteiger charge is 2.51. The summed E-state index contributed by atoms with van der Waals surface area (Å²) in [6.07, 6.45) is 12.4. The van der Waals surface area contributed by atoms with E-state index in [1.807, 2.05) is 50.3 Å². The Balaban J connectivity index is 0.980. The molecule has 4 saturated carbocycles. The molecule has 3 N–H and O–H groups in total. The minimum Gasteiger partial charge on any atom is -0.494 e. The van der Waals surface area contributed by atoms with E-state index in [1.165, 1.54) is 44.1 Å². The highest BCUT2D eigenvalue weighted by Crippen LogP contribution is 2.60. The Kier molecular flexibility index (Phi) is 5.91. The first kappa shape index (κ1) is 26.4. The van der Waals surface area contributed by atoms with Crippen molar-refractivity contribution in [3.05, 3.63) is 71.8 Å². The number of urea groups is 1. The normalized spacial score (nSPS) is 26.2. The number of hydrogen-bond donors (Lipinski definition) is 3. The van der Waals surface area contributed by atoms with Gasteiger partial charge in [-0.15, -0.1) is 0 Å². The zero-order valence-electron chi connectivity index (χ0n) is 25.0. The van der Waals surface area contributed by atoms with Crippen molar-refractivity contribution in [2.45, 2.75) is 63.4 Å². The van der Waals surface area contributed by atoms with Gasteiger partial charge < -0.3 is 25.1 Å². The van der Waals surface area contributed by atoms with Crippen molar-refractivity contribution in [3.63, 3.8) is 0 Å². The molecule has 7 heteroatoms. The van der Waals surface area contributed by atoms with Crippen LogP contribution in [0, 0.1) is 17.8 Å². The molecule has 4 aliphatic carbocycles. The maximum Gasteiger partial charge on any atom is 0.323 e. The Hall–Kier alpha value is -4.26. The summed E-state index contributed by atoms with van der Waals surface area (Å²) in [4.78, 5) is 21.3. The van der Waals surface area contributed by atoms with Crippen LogP contribution in [-0.2, 0) is 5.41 Å². The third-order valence-electron chi connectivity index (χ3n) is 10.2. The predicted octanol–water partition coefficient (Wildman–Crippen LogP) is 8.53. The summed E-state index contributed by atoms with van der Waals surface area (Å²) < 4.78 is 11.7. The van der Waals surface area contributed by atoms with Crippen molar-refractivity contribution in [1.82, 2.24) is 9.97 Å². The lowest BCUT2D eigenvalue weighted by Crippen LogP contribution is -2.48. The molecule has 4 bridgehead atoms. The van der Waals surface area contributed by atoms with Crippen molar-refractivity contribution >= 4 is 34.5 Å². The molecule has 2 amide bonds. The van der Waals surface area contributed by atoms with E-state index in [2.05, 4.69) is 39.9 Å². The molecular formula is C36H38N4O3. The number of anilines is 2. The van der Waals surface area contributed by atoms with Gasteiger partial charge in [-0.3, -0.25) is 0 Å². The number of fused-ring (bicyclic) bond motifs is 2. The highest BCUT2D eigenvalue weighted by atomic mass is 16.5. The number of rotatable bonds is 5. The zero-order chi connectivity index (χ0) is 29.3. The van der Waals surface area contributed by atoms with Crippen LogP contribution in [0.15, 0.2) is 60.7 Å². The Morgan fingerprint density at radius 2 is 1.67 bits per heavy atom. The van der Waals surface area contributed by atoms with Gasteiger partial charge in [0, 0.05) is 11.3 Å². The van der Waals surface area contributed by atoms with E-state index in [0.717, 1.165) is 51.5 Å². The summed E-state index contributed by atoms with van der Waals surface area (Å²) in [7, 11) is 1.59. The quantitative estimate of drug-likeness (QED) is 0.223. The number of methoxy groups -OCH3 is 1. The van der Waals surface area contributed by atoms with Crippen LogP contribution in [0.2, 0.25) is 0 Å². The number of carbonyl (C=O) groups excluding carboxylic acids is 1. The number of ether oxygens (including phenoxy) is 2. The lowest BCUT2D eigenvalue weighted by atomic mass is 9.48. The molecule has 5 aliphatic rings. The zero-order valence-corrected chi connectivity index (χ0v) is 25.0.